The highest BCUT2D eigenvalue weighted by atomic mass is 35.5. The van der Waals surface area contributed by atoms with E-state index in [0.717, 1.165) is 5.56 Å². The Hall–Kier alpha value is -1.69. The monoisotopic (exact) mass is 427 g/mol. The zero-order valence-electron chi connectivity index (χ0n) is 15.3. The van der Waals surface area contributed by atoms with Gasteiger partial charge in [-0.15, -0.1) is 0 Å². The summed E-state index contributed by atoms with van der Waals surface area (Å²) in [4.78, 5) is 12.9. The number of aryl methyl sites for hydroxylation is 1. The van der Waals surface area contributed by atoms with E-state index in [2.05, 4.69) is 5.32 Å². The Bertz CT molecular complexity index is 883. The van der Waals surface area contributed by atoms with E-state index in [1.807, 2.05) is 6.92 Å². The lowest BCUT2D eigenvalue weighted by atomic mass is 9.76. The zero-order chi connectivity index (χ0) is 20.5. The van der Waals surface area contributed by atoms with Crippen LogP contribution >= 0.6 is 23.2 Å². The van der Waals surface area contributed by atoms with Gasteiger partial charge in [0.15, 0.2) is 0 Å². The molecule has 0 spiro atoms. The van der Waals surface area contributed by atoms with Crippen LogP contribution < -0.4 is 5.32 Å². The van der Waals surface area contributed by atoms with Crippen LogP contribution in [0.3, 0.4) is 0 Å². The molecule has 3 rings (SSSR count). The molecule has 1 unspecified atom stereocenters. The molecule has 1 aliphatic rings. The van der Waals surface area contributed by atoms with Gasteiger partial charge < -0.3 is 10.4 Å². The summed E-state index contributed by atoms with van der Waals surface area (Å²) in [6, 6.07) is 8.21. The second-order valence-corrected chi connectivity index (χ2v) is 8.10. The minimum absolute atomic E-state index is 0.119. The molecule has 3 nitrogen and oxygen atoms in total. The third kappa shape index (κ3) is 4.32. The number of amides is 1. The first-order valence-corrected chi connectivity index (χ1v) is 9.84. The number of halogens is 4. The summed E-state index contributed by atoms with van der Waals surface area (Å²) in [5.74, 6) is -1.18. The minimum Gasteiger partial charge on any atom is -0.387 e. The van der Waals surface area contributed by atoms with Gasteiger partial charge in [-0.05, 0) is 56.4 Å². The average molecular weight is 428 g/mol. The maximum absolute atomic E-state index is 14.1. The van der Waals surface area contributed by atoms with Crippen molar-refractivity contribution < 1.29 is 18.7 Å². The van der Waals surface area contributed by atoms with E-state index >= 15 is 0 Å². The quantitative estimate of drug-likeness (QED) is 0.671. The van der Waals surface area contributed by atoms with E-state index in [-0.39, 0.29) is 46.9 Å². The van der Waals surface area contributed by atoms with Crippen LogP contribution in [0.1, 0.15) is 53.2 Å². The van der Waals surface area contributed by atoms with Crippen LogP contribution in [-0.2, 0) is 0 Å². The summed E-state index contributed by atoms with van der Waals surface area (Å²) < 4.78 is 27.7. The van der Waals surface area contributed by atoms with E-state index < -0.39 is 29.5 Å². The van der Waals surface area contributed by atoms with Gasteiger partial charge in [-0.1, -0.05) is 47.0 Å². The van der Waals surface area contributed by atoms with Gasteiger partial charge in [0, 0.05) is 0 Å². The van der Waals surface area contributed by atoms with Crippen LogP contribution in [0.5, 0.6) is 0 Å². The standard InChI is InChI=1S/C21H21Cl2F2NO2/c1-12-5-6-16(22)15(11-12)20(27)26-19(14-3-2-4-17(25)18(14)23)21(28)9-7-13(24)8-10-21/h2-6,11,13,19,28H,7-10H2,1H3,(H,26,27)/t13-,19?,21+. The first-order valence-electron chi connectivity index (χ1n) is 9.08. The molecule has 0 heterocycles. The summed E-state index contributed by atoms with van der Waals surface area (Å²) in [5, 5.41) is 14.1. The molecule has 7 heteroatoms. The lowest BCUT2D eigenvalue weighted by Gasteiger charge is -2.41. The molecular formula is C21H21Cl2F2NO2. The fourth-order valence-corrected chi connectivity index (χ4v) is 4.08. The average Bonchev–Trinajstić information content (AvgIpc) is 2.66. The number of hydrogen-bond donors (Lipinski definition) is 2. The topological polar surface area (TPSA) is 49.3 Å². The minimum atomic E-state index is -1.45. The predicted molar refractivity (Wildman–Crippen MR) is 106 cm³/mol. The summed E-state index contributed by atoms with van der Waals surface area (Å²) in [6.07, 6.45) is -0.464. The van der Waals surface area contributed by atoms with E-state index in [1.165, 1.54) is 12.1 Å². The molecule has 1 atom stereocenters. The van der Waals surface area contributed by atoms with Gasteiger partial charge in [-0.25, -0.2) is 8.78 Å². The molecule has 2 aromatic rings. The van der Waals surface area contributed by atoms with Gasteiger partial charge in [0.1, 0.15) is 12.0 Å². The highest BCUT2D eigenvalue weighted by Gasteiger charge is 2.43. The lowest BCUT2D eigenvalue weighted by molar-refractivity contribution is -0.0445. The van der Waals surface area contributed by atoms with Crippen molar-refractivity contribution in [2.45, 2.75) is 50.4 Å². The molecule has 1 saturated carbocycles. The first kappa shape index (κ1) is 21.0. The Morgan fingerprint density at radius 1 is 1.25 bits per heavy atom. The Balaban J connectivity index is 2.00. The molecule has 0 saturated heterocycles. The SMILES string of the molecule is Cc1ccc(Cl)c(C(=O)NC(c2cccc(F)c2Cl)[C@]2(O)CC[C@@H](F)CC2)c1. The molecule has 2 N–H and O–H groups in total. The normalized spacial score (nSPS) is 23.3. The molecule has 1 fully saturated rings. The number of carbonyl (C=O) groups excluding carboxylic acids is 1. The number of hydrogen-bond acceptors (Lipinski definition) is 2. The Morgan fingerprint density at radius 2 is 1.93 bits per heavy atom. The van der Waals surface area contributed by atoms with Crippen LogP contribution in [0.25, 0.3) is 0 Å². The van der Waals surface area contributed by atoms with Gasteiger partial charge >= 0.3 is 0 Å². The molecule has 1 aliphatic carbocycles. The molecule has 28 heavy (non-hydrogen) atoms. The summed E-state index contributed by atoms with van der Waals surface area (Å²) in [6.45, 7) is 1.82. The summed E-state index contributed by atoms with van der Waals surface area (Å²) >= 11 is 12.3. The molecule has 1 amide bonds. The fourth-order valence-electron chi connectivity index (χ4n) is 3.64. The fraction of sp³-hybridized carbons (Fsp3) is 0.381. The molecule has 0 aromatic heterocycles. The number of benzene rings is 2. The number of carbonyl (C=O) groups is 1. The van der Waals surface area contributed by atoms with E-state index in [9.17, 15) is 18.7 Å². The highest BCUT2D eigenvalue weighted by Crippen LogP contribution is 2.42. The lowest BCUT2D eigenvalue weighted by Crippen LogP contribution is -2.48. The summed E-state index contributed by atoms with van der Waals surface area (Å²) in [7, 11) is 0. The van der Waals surface area contributed by atoms with Crippen LogP contribution in [0.2, 0.25) is 10.0 Å². The predicted octanol–water partition coefficient (Wildman–Crippen LogP) is 5.56. The maximum atomic E-state index is 14.1. The second-order valence-electron chi connectivity index (χ2n) is 7.31. The van der Waals surface area contributed by atoms with E-state index in [4.69, 9.17) is 23.2 Å². The van der Waals surface area contributed by atoms with Crippen LogP contribution in [-0.4, -0.2) is 22.8 Å². The van der Waals surface area contributed by atoms with Crippen molar-refractivity contribution in [3.63, 3.8) is 0 Å². The van der Waals surface area contributed by atoms with Crippen molar-refractivity contribution in [2.75, 3.05) is 0 Å². The molecular weight excluding hydrogens is 407 g/mol. The Kier molecular flexibility index (Phi) is 6.28. The molecule has 0 radical (unpaired) electrons. The largest absolute Gasteiger partial charge is 0.387 e. The van der Waals surface area contributed by atoms with Crippen molar-refractivity contribution in [1.82, 2.24) is 5.32 Å². The van der Waals surface area contributed by atoms with Gasteiger partial charge in [0.2, 0.25) is 0 Å². The molecule has 0 aliphatic heterocycles. The van der Waals surface area contributed by atoms with Gasteiger partial charge in [-0.2, -0.15) is 0 Å². The Morgan fingerprint density at radius 3 is 2.61 bits per heavy atom. The number of alkyl halides is 1. The third-order valence-corrected chi connectivity index (χ3v) is 5.98. The van der Waals surface area contributed by atoms with Crippen LogP contribution in [0, 0.1) is 12.7 Å². The molecule has 2 aromatic carbocycles. The van der Waals surface area contributed by atoms with Crippen molar-refractivity contribution in [3.8, 4) is 0 Å². The first-order chi connectivity index (χ1) is 13.2. The number of rotatable bonds is 4. The molecule has 0 bridgehead atoms. The van der Waals surface area contributed by atoms with Crippen molar-refractivity contribution in [3.05, 3.63) is 69.0 Å². The van der Waals surface area contributed by atoms with Gasteiger partial charge in [0.05, 0.1) is 27.3 Å². The molecule has 150 valence electrons. The van der Waals surface area contributed by atoms with Crippen molar-refractivity contribution in [1.29, 1.82) is 0 Å². The third-order valence-electron chi connectivity index (χ3n) is 5.25. The van der Waals surface area contributed by atoms with E-state index in [0.29, 0.717) is 0 Å². The summed E-state index contributed by atoms with van der Waals surface area (Å²) in [5.41, 5.74) is -0.126. The maximum Gasteiger partial charge on any atom is 0.253 e. The van der Waals surface area contributed by atoms with Gasteiger partial charge in [-0.3, -0.25) is 4.79 Å². The number of aliphatic hydroxyl groups is 1. The zero-order valence-corrected chi connectivity index (χ0v) is 16.8. The Labute approximate surface area is 172 Å². The van der Waals surface area contributed by atoms with Gasteiger partial charge in [0.25, 0.3) is 5.91 Å². The van der Waals surface area contributed by atoms with Crippen LogP contribution in [0.4, 0.5) is 8.78 Å². The number of nitrogens with one attached hydrogen (secondary N) is 1. The van der Waals surface area contributed by atoms with Crippen molar-refractivity contribution >= 4 is 29.1 Å². The van der Waals surface area contributed by atoms with Crippen molar-refractivity contribution in [2.24, 2.45) is 0 Å². The smallest absolute Gasteiger partial charge is 0.253 e. The van der Waals surface area contributed by atoms with E-state index in [1.54, 1.807) is 24.3 Å². The highest BCUT2D eigenvalue weighted by molar-refractivity contribution is 6.34. The van der Waals surface area contributed by atoms with Crippen LogP contribution in [0.15, 0.2) is 36.4 Å². The second kappa shape index (κ2) is 8.36.